The van der Waals surface area contributed by atoms with Crippen molar-refractivity contribution < 1.29 is 22.8 Å². The molecule has 0 heterocycles. The number of nitrogens with one attached hydrogen (secondary N) is 1. The summed E-state index contributed by atoms with van der Waals surface area (Å²) < 4.78 is 37.4. The number of benzene rings is 3. The lowest BCUT2D eigenvalue weighted by Gasteiger charge is -2.11. The minimum absolute atomic E-state index is 0.0506. The summed E-state index contributed by atoms with van der Waals surface area (Å²) in [5.74, 6) is -1.10. The quantitative estimate of drug-likeness (QED) is 0.190. The number of sulfonamides is 1. The number of carbonyl (C=O) groups is 1. The summed E-state index contributed by atoms with van der Waals surface area (Å²) >= 11 is 0. The summed E-state index contributed by atoms with van der Waals surface area (Å²) in [5, 5.41) is 20.0. The van der Waals surface area contributed by atoms with E-state index in [1.807, 2.05) is 6.07 Å². The summed E-state index contributed by atoms with van der Waals surface area (Å²) in [6.45, 7) is 0. The number of oxime groups is 1. The molecule has 1 amide bonds. The van der Waals surface area contributed by atoms with Crippen molar-refractivity contribution in [2.24, 2.45) is 16.2 Å². The molecule has 170 valence electrons. The normalized spacial score (nSPS) is 17.8. The topological polar surface area (TPSA) is 148 Å². The number of primary sulfonamides is 1. The average Bonchev–Trinajstić information content (AvgIpc) is 3.56. The first-order valence-corrected chi connectivity index (χ1v) is 11.5. The maximum Gasteiger partial charge on any atom is 0.238 e. The first kappa shape index (κ1) is 22.4. The van der Waals surface area contributed by atoms with Gasteiger partial charge in [0.2, 0.25) is 15.9 Å². The Hall–Kier alpha value is -3.76. The molecule has 1 fully saturated rings. The van der Waals surface area contributed by atoms with E-state index >= 15 is 0 Å². The summed E-state index contributed by atoms with van der Waals surface area (Å²) in [4.78, 5) is 12.5. The molecule has 6 N–H and O–H groups in total. The van der Waals surface area contributed by atoms with E-state index < -0.39 is 15.8 Å². The van der Waals surface area contributed by atoms with Gasteiger partial charge in [0.1, 0.15) is 5.82 Å². The fourth-order valence-corrected chi connectivity index (χ4v) is 4.65. The number of nitrogen functional groups attached to an aromatic ring is 1. The zero-order valence-corrected chi connectivity index (χ0v) is 18.1. The van der Waals surface area contributed by atoms with Gasteiger partial charge in [-0.25, -0.2) is 17.9 Å². The predicted molar refractivity (Wildman–Crippen MR) is 123 cm³/mol. The molecule has 0 saturated heterocycles. The maximum atomic E-state index is 13.7. The van der Waals surface area contributed by atoms with Crippen LogP contribution < -0.4 is 16.2 Å². The zero-order valence-electron chi connectivity index (χ0n) is 17.3. The van der Waals surface area contributed by atoms with Gasteiger partial charge < -0.3 is 16.3 Å². The molecule has 0 aromatic heterocycles. The van der Waals surface area contributed by atoms with Crippen LogP contribution in [0, 0.1) is 11.7 Å². The molecule has 10 heteroatoms. The highest BCUT2D eigenvalue weighted by Gasteiger charge is 2.45. The van der Waals surface area contributed by atoms with Crippen molar-refractivity contribution in [1.82, 2.24) is 0 Å². The van der Waals surface area contributed by atoms with Crippen LogP contribution in [0.4, 0.5) is 15.8 Å². The van der Waals surface area contributed by atoms with Crippen LogP contribution >= 0.6 is 0 Å². The molecule has 8 nitrogen and oxygen atoms in total. The minimum atomic E-state index is -4.04. The van der Waals surface area contributed by atoms with Crippen LogP contribution in [0.15, 0.2) is 70.7 Å². The largest absolute Gasteiger partial charge is 0.411 e. The molecule has 33 heavy (non-hydrogen) atoms. The second-order valence-electron chi connectivity index (χ2n) is 7.80. The van der Waals surface area contributed by atoms with E-state index in [0.717, 1.165) is 23.8 Å². The molecule has 0 bridgehead atoms. The van der Waals surface area contributed by atoms with Gasteiger partial charge in [0.05, 0.1) is 11.1 Å². The molecular formula is C23H21FN4O4S. The van der Waals surface area contributed by atoms with Gasteiger partial charge in [-0.1, -0.05) is 29.4 Å². The first-order chi connectivity index (χ1) is 15.7. The van der Waals surface area contributed by atoms with Crippen molar-refractivity contribution in [2.45, 2.75) is 17.2 Å². The minimum Gasteiger partial charge on any atom is -0.411 e. The Morgan fingerprint density at radius 2 is 1.88 bits per heavy atom. The molecule has 0 unspecified atom stereocenters. The fraction of sp³-hybridized carbons (Fsp3) is 0.130. The zero-order chi connectivity index (χ0) is 23.8. The number of amides is 1. The van der Waals surface area contributed by atoms with Gasteiger partial charge in [-0.05, 0) is 59.9 Å². The van der Waals surface area contributed by atoms with Crippen LogP contribution in [0.1, 0.15) is 23.5 Å². The second kappa shape index (κ2) is 8.64. The molecule has 1 saturated carbocycles. The smallest absolute Gasteiger partial charge is 0.238 e. The molecular weight excluding hydrogens is 447 g/mol. The molecule has 1 aliphatic rings. The highest BCUT2D eigenvalue weighted by atomic mass is 32.2. The summed E-state index contributed by atoms with van der Waals surface area (Å²) in [7, 11) is -4.04. The Morgan fingerprint density at radius 3 is 2.55 bits per heavy atom. The second-order valence-corrected chi connectivity index (χ2v) is 9.33. The van der Waals surface area contributed by atoms with E-state index in [9.17, 15) is 17.6 Å². The molecule has 0 radical (unpaired) electrons. The molecule has 3 aromatic carbocycles. The van der Waals surface area contributed by atoms with Crippen molar-refractivity contribution in [3.8, 4) is 11.1 Å². The maximum absolute atomic E-state index is 13.7. The number of rotatable bonds is 6. The van der Waals surface area contributed by atoms with E-state index in [1.165, 1.54) is 6.21 Å². The lowest BCUT2D eigenvalue weighted by atomic mass is 10.0. The SMILES string of the molecule is Nc1cccc([C@H]2C[C@H]2C(=O)Nc2ccc(-c3cc(F)ccc3S(N)(=O)=O)cc2)c1C=NO. The summed E-state index contributed by atoms with van der Waals surface area (Å²) in [5.41, 5.74) is 8.92. The van der Waals surface area contributed by atoms with Gasteiger partial charge in [-0.3, -0.25) is 4.79 Å². The van der Waals surface area contributed by atoms with Crippen molar-refractivity contribution >= 4 is 33.5 Å². The van der Waals surface area contributed by atoms with Crippen LogP contribution in [0.5, 0.6) is 0 Å². The lowest BCUT2D eigenvalue weighted by molar-refractivity contribution is -0.117. The van der Waals surface area contributed by atoms with Gasteiger partial charge in [-0.15, -0.1) is 0 Å². The van der Waals surface area contributed by atoms with Crippen molar-refractivity contribution in [3.63, 3.8) is 0 Å². The molecule has 1 aliphatic carbocycles. The molecule has 2 atom stereocenters. The van der Waals surface area contributed by atoms with Crippen molar-refractivity contribution in [3.05, 3.63) is 77.6 Å². The van der Waals surface area contributed by atoms with Gasteiger partial charge in [0.15, 0.2) is 0 Å². The molecule has 3 aromatic rings. The van der Waals surface area contributed by atoms with E-state index in [2.05, 4.69) is 10.5 Å². The number of nitrogens with zero attached hydrogens (tertiary/aromatic N) is 1. The van der Waals surface area contributed by atoms with Crippen LogP contribution in [0.25, 0.3) is 11.1 Å². The number of carbonyl (C=O) groups excluding carboxylic acids is 1. The Balaban J connectivity index is 1.50. The van der Waals surface area contributed by atoms with Crippen LogP contribution in [-0.2, 0) is 14.8 Å². The monoisotopic (exact) mass is 468 g/mol. The van der Waals surface area contributed by atoms with E-state index in [-0.39, 0.29) is 28.2 Å². The third-order valence-corrected chi connectivity index (χ3v) is 6.57. The lowest BCUT2D eigenvalue weighted by Crippen LogP contribution is -2.15. The van der Waals surface area contributed by atoms with E-state index in [0.29, 0.717) is 28.9 Å². The van der Waals surface area contributed by atoms with Crippen LogP contribution in [0.3, 0.4) is 0 Å². The van der Waals surface area contributed by atoms with Crippen LogP contribution in [0.2, 0.25) is 0 Å². The predicted octanol–water partition coefficient (Wildman–Crippen LogP) is 3.27. The van der Waals surface area contributed by atoms with Gasteiger partial charge in [-0.2, -0.15) is 0 Å². The highest BCUT2D eigenvalue weighted by molar-refractivity contribution is 7.89. The van der Waals surface area contributed by atoms with Crippen molar-refractivity contribution in [2.75, 3.05) is 11.1 Å². The summed E-state index contributed by atoms with van der Waals surface area (Å²) in [6.07, 6.45) is 1.89. The number of hydrogen-bond donors (Lipinski definition) is 4. The first-order valence-electron chi connectivity index (χ1n) is 9.98. The van der Waals surface area contributed by atoms with Crippen LogP contribution in [-0.4, -0.2) is 25.7 Å². The summed E-state index contributed by atoms with van der Waals surface area (Å²) in [6, 6.07) is 14.9. The average molecular weight is 469 g/mol. The Kier molecular flexibility index (Phi) is 5.88. The molecule has 4 rings (SSSR count). The Labute approximate surface area is 189 Å². The standard InChI is InChI=1S/C23H21FN4O4S/c24-14-6-9-22(33(26,31)32)17(10-14)13-4-7-15(8-5-13)28-23(29)19-11-18(19)16-2-1-3-21(25)20(16)12-27-30/h1-10,12,18-19,30H,11,25H2,(H,28,29)(H2,26,31,32)/t18-,19-/m1/s1. The Morgan fingerprint density at radius 1 is 1.15 bits per heavy atom. The van der Waals surface area contributed by atoms with Gasteiger partial charge in [0, 0.05) is 28.4 Å². The highest BCUT2D eigenvalue weighted by Crippen LogP contribution is 2.49. The molecule has 0 aliphatic heterocycles. The number of nitrogens with two attached hydrogens (primary N) is 2. The van der Waals surface area contributed by atoms with Crippen molar-refractivity contribution in [1.29, 1.82) is 0 Å². The van der Waals surface area contributed by atoms with Gasteiger partial charge >= 0.3 is 0 Å². The number of anilines is 2. The number of hydrogen-bond acceptors (Lipinski definition) is 6. The van der Waals surface area contributed by atoms with E-state index in [1.54, 1.807) is 36.4 Å². The third-order valence-electron chi connectivity index (χ3n) is 5.60. The number of halogens is 1. The van der Waals surface area contributed by atoms with Gasteiger partial charge in [0.25, 0.3) is 0 Å². The van der Waals surface area contributed by atoms with E-state index in [4.69, 9.17) is 16.1 Å². The molecule has 0 spiro atoms. The third kappa shape index (κ3) is 4.71. The fourth-order valence-electron chi connectivity index (χ4n) is 3.90. The Bertz CT molecular complexity index is 1360.